The molecule has 0 aliphatic heterocycles. The van der Waals surface area contributed by atoms with Gasteiger partial charge >= 0.3 is 0 Å². The van der Waals surface area contributed by atoms with Crippen LogP contribution < -0.4 is 10.6 Å². The fourth-order valence-electron chi connectivity index (χ4n) is 2.67. The molecule has 2 N–H and O–H groups in total. The van der Waals surface area contributed by atoms with E-state index in [9.17, 15) is 4.79 Å². The Morgan fingerprint density at radius 2 is 2.00 bits per heavy atom. The maximum Gasteiger partial charge on any atom is 0.251 e. The fourth-order valence-corrected chi connectivity index (χ4v) is 2.67. The van der Waals surface area contributed by atoms with Crippen LogP contribution in [-0.2, 0) is 6.42 Å². The number of carbonyl (C=O) groups is 1. The Morgan fingerprint density at radius 1 is 1.15 bits per heavy atom. The summed E-state index contributed by atoms with van der Waals surface area (Å²) in [5, 5.41) is 19.1. The lowest BCUT2D eigenvalue weighted by Gasteiger charge is -2.11. The summed E-state index contributed by atoms with van der Waals surface area (Å²) in [4.78, 5) is 14.3. The van der Waals surface area contributed by atoms with E-state index in [1.54, 1.807) is 4.52 Å². The lowest BCUT2D eigenvalue weighted by atomic mass is 10.1. The number of aryl methyl sites for hydroxylation is 1. The van der Waals surface area contributed by atoms with E-state index in [0.29, 0.717) is 30.0 Å². The molecule has 1 amide bonds. The maximum absolute atomic E-state index is 12.2. The van der Waals surface area contributed by atoms with Crippen LogP contribution in [-0.4, -0.2) is 64.3 Å². The van der Waals surface area contributed by atoms with Crippen LogP contribution in [0.2, 0.25) is 0 Å². The van der Waals surface area contributed by atoms with Crippen LogP contribution in [0.3, 0.4) is 0 Å². The van der Waals surface area contributed by atoms with E-state index in [4.69, 9.17) is 0 Å². The Hall–Kier alpha value is -3.00. The standard InChI is InChI=1S/C19H25N7O/c1-14-5-4-6-15(13-14)19(27)21-10-9-18-23-22-17-8-7-16(24-26(17)18)20-11-12-25(2)3/h4-8,13H,9-12H2,1-3H3,(H,20,24)(H,21,27). The van der Waals surface area contributed by atoms with Crippen molar-refractivity contribution in [1.82, 2.24) is 30.0 Å². The Morgan fingerprint density at radius 3 is 2.78 bits per heavy atom. The van der Waals surface area contributed by atoms with Crippen molar-refractivity contribution < 1.29 is 4.79 Å². The van der Waals surface area contributed by atoms with Crippen molar-refractivity contribution >= 4 is 17.4 Å². The highest BCUT2D eigenvalue weighted by Gasteiger charge is 2.09. The number of nitrogens with one attached hydrogen (secondary N) is 2. The molecule has 0 saturated carbocycles. The molecule has 8 heteroatoms. The van der Waals surface area contributed by atoms with Crippen molar-refractivity contribution in [1.29, 1.82) is 0 Å². The van der Waals surface area contributed by atoms with E-state index in [0.717, 1.165) is 24.5 Å². The zero-order valence-corrected chi connectivity index (χ0v) is 15.9. The molecule has 1 aromatic carbocycles. The first-order valence-electron chi connectivity index (χ1n) is 8.98. The molecule has 2 aromatic heterocycles. The van der Waals surface area contributed by atoms with Crippen molar-refractivity contribution in [3.05, 3.63) is 53.3 Å². The smallest absolute Gasteiger partial charge is 0.251 e. The zero-order valence-electron chi connectivity index (χ0n) is 15.9. The minimum absolute atomic E-state index is 0.0912. The summed E-state index contributed by atoms with van der Waals surface area (Å²) < 4.78 is 1.72. The number of amides is 1. The summed E-state index contributed by atoms with van der Waals surface area (Å²) in [7, 11) is 4.06. The van der Waals surface area contributed by atoms with Gasteiger partial charge < -0.3 is 15.5 Å². The molecule has 0 aliphatic rings. The SMILES string of the molecule is Cc1cccc(C(=O)NCCc2nnc3ccc(NCCN(C)C)nn23)c1. The zero-order chi connectivity index (χ0) is 19.2. The van der Waals surface area contributed by atoms with Gasteiger partial charge in [0.2, 0.25) is 0 Å². The van der Waals surface area contributed by atoms with Crippen LogP contribution in [0.4, 0.5) is 5.82 Å². The molecule has 0 bridgehead atoms. The number of rotatable bonds is 8. The average Bonchev–Trinajstić information content (AvgIpc) is 3.04. The molecule has 3 aromatic rings. The molecule has 0 radical (unpaired) electrons. The van der Waals surface area contributed by atoms with Crippen LogP contribution in [0.5, 0.6) is 0 Å². The molecular weight excluding hydrogens is 342 g/mol. The van der Waals surface area contributed by atoms with Gasteiger partial charge in [-0.25, -0.2) is 0 Å². The summed E-state index contributed by atoms with van der Waals surface area (Å²) in [6.07, 6.45) is 0.548. The molecular formula is C19H25N7O. The van der Waals surface area contributed by atoms with Crippen molar-refractivity contribution in [2.45, 2.75) is 13.3 Å². The van der Waals surface area contributed by atoms with E-state index in [1.807, 2.05) is 57.4 Å². The second-order valence-electron chi connectivity index (χ2n) is 6.71. The molecule has 3 rings (SSSR count). The minimum atomic E-state index is -0.0912. The number of fused-ring (bicyclic) bond motifs is 1. The number of hydrogen-bond acceptors (Lipinski definition) is 6. The van der Waals surface area contributed by atoms with Gasteiger partial charge in [-0.05, 0) is 45.3 Å². The van der Waals surface area contributed by atoms with Gasteiger partial charge in [-0.3, -0.25) is 4.79 Å². The fraction of sp³-hybridized carbons (Fsp3) is 0.368. The van der Waals surface area contributed by atoms with Gasteiger partial charge in [0.05, 0.1) is 0 Å². The number of anilines is 1. The molecule has 0 fully saturated rings. The van der Waals surface area contributed by atoms with Gasteiger partial charge in [-0.1, -0.05) is 17.7 Å². The highest BCUT2D eigenvalue weighted by atomic mass is 16.1. The lowest BCUT2D eigenvalue weighted by Crippen LogP contribution is -2.26. The van der Waals surface area contributed by atoms with Gasteiger partial charge in [0.25, 0.3) is 5.91 Å². The number of nitrogens with zero attached hydrogens (tertiary/aromatic N) is 5. The highest BCUT2D eigenvalue weighted by molar-refractivity contribution is 5.94. The van der Waals surface area contributed by atoms with Crippen molar-refractivity contribution in [2.24, 2.45) is 0 Å². The molecule has 0 aliphatic carbocycles. The largest absolute Gasteiger partial charge is 0.367 e. The van der Waals surface area contributed by atoms with Gasteiger partial charge in [0.15, 0.2) is 11.5 Å². The van der Waals surface area contributed by atoms with Gasteiger partial charge in [0, 0.05) is 31.6 Å². The van der Waals surface area contributed by atoms with E-state index < -0.39 is 0 Å². The Bertz CT molecular complexity index is 919. The van der Waals surface area contributed by atoms with Crippen LogP contribution in [0, 0.1) is 6.92 Å². The number of hydrogen-bond donors (Lipinski definition) is 2. The van der Waals surface area contributed by atoms with Crippen LogP contribution >= 0.6 is 0 Å². The monoisotopic (exact) mass is 367 g/mol. The third-order valence-corrected chi connectivity index (χ3v) is 4.11. The normalized spacial score (nSPS) is 11.1. The second kappa shape index (κ2) is 8.59. The average molecular weight is 367 g/mol. The third kappa shape index (κ3) is 5.01. The van der Waals surface area contributed by atoms with E-state index in [2.05, 4.69) is 30.8 Å². The summed E-state index contributed by atoms with van der Waals surface area (Å²) in [5.74, 6) is 1.39. The summed E-state index contributed by atoms with van der Waals surface area (Å²) in [5.41, 5.74) is 2.41. The number of carbonyl (C=O) groups excluding carboxylic acids is 1. The van der Waals surface area contributed by atoms with E-state index >= 15 is 0 Å². The van der Waals surface area contributed by atoms with Crippen molar-refractivity contribution in [2.75, 3.05) is 39.0 Å². The Kier molecular flexibility index (Phi) is 5.97. The lowest BCUT2D eigenvalue weighted by molar-refractivity contribution is 0.0954. The third-order valence-electron chi connectivity index (χ3n) is 4.11. The van der Waals surface area contributed by atoms with Crippen LogP contribution in [0.1, 0.15) is 21.7 Å². The molecule has 0 saturated heterocycles. The number of likely N-dealkylation sites (N-methyl/N-ethyl adjacent to an activating group) is 1. The Balaban J connectivity index is 1.60. The van der Waals surface area contributed by atoms with Gasteiger partial charge in [-0.2, -0.15) is 4.52 Å². The van der Waals surface area contributed by atoms with E-state index in [1.165, 1.54) is 0 Å². The van der Waals surface area contributed by atoms with Gasteiger partial charge in [-0.15, -0.1) is 15.3 Å². The molecule has 0 spiro atoms. The summed E-state index contributed by atoms with van der Waals surface area (Å²) >= 11 is 0. The molecule has 2 heterocycles. The van der Waals surface area contributed by atoms with Crippen LogP contribution in [0.15, 0.2) is 36.4 Å². The first-order chi connectivity index (χ1) is 13.0. The van der Waals surface area contributed by atoms with Crippen molar-refractivity contribution in [3.8, 4) is 0 Å². The summed E-state index contributed by atoms with van der Waals surface area (Å²) in [6, 6.07) is 11.3. The van der Waals surface area contributed by atoms with Crippen molar-refractivity contribution in [3.63, 3.8) is 0 Å². The van der Waals surface area contributed by atoms with E-state index in [-0.39, 0.29) is 5.91 Å². The molecule has 0 atom stereocenters. The van der Waals surface area contributed by atoms with Gasteiger partial charge in [0.1, 0.15) is 5.82 Å². The summed E-state index contributed by atoms with van der Waals surface area (Å²) in [6.45, 7) is 4.15. The molecule has 0 unspecified atom stereocenters. The maximum atomic E-state index is 12.2. The molecule has 27 heavy (non-hydrogen) atoms. The molecule has 8 nitrogen and oxygen atoms in total. The highest BCUT2D eigenvalue weighted by Crippen LogP contribution is 2.08. The number of benzene rings is 1. The minimum Gasteiger partial charge on any atom is -0.367 e. The first kappa shape index (κ1) is 18.8. The predicted molar refractivity (Wildman–Crippen MR) is 105 cm³/mol. The molecule has 142 valence electrons. The number of aromatic nitrogens is 4. The Labute approximate surface area is 158 Å². The topological polar surface area (TPSA) is 87.4 Å². The second-order valence-corrected chi connectivity index (χ2v) is 6.71. The first-order valence-corrected chi connectivity index (χ1v) is 8.98. The van der Waals surface area contributed by atoms with Crippen LogP contribution in [0.25, 0.3) is 5.65 Å². The quantitative estimate of drug-likeness (QED) is 0.625. The predicted octanol–water partition coefficient (Wildman–Crippen LogP) is 1.38.